The van der Waals surface area contributed by atoms with Gasteiger partial charge in [-0.1, -0.05) is 44.2 Å². The standard InChI is InChI=1S/C18H20N2O2/c1-3-4-7-13(2)12-19-20-18(22)16-10-14-8-5-6-9-15(14)11-17(16)21/h5-6,8-12,21H,2-4,7H2,1H3,(H,20,22)/b19-12+. The third-order valence-corrected chi connectivity index (χ3v) is 3.37. The first-order valence-electron chi connectivity index (χ1n) is 7.34. The number of benzene rings is 2. The van der Waals surface area contributed by atoms with E-state index in [-0.39, 0.29) is 11.3 Å². The lowest BCUT2D eigenvalue weighted by Gasteiger charge is -2.05. The van der Waals surface area contributed by atoms with Crippen LogP contribution in [0, 0.1) is 0 Å². The normalized spacial score (nSPS) is 11.0. The maximum absolute atomic E-state index is 12.1. The summed E-state index contributed by atoms with van der Waals surface area (Å²) in [5.74, 6) is -0.501. The number of allylic oxidation sites excluding steroid dienone is 1. The number of rotatable bonds is 6. The summed E-state index contributed by atoms with van der Waals surface area (Å²) in [4.78, 5) is 12.1. The molecule has 4 nitrogen and oxygen atoms in total. The first-order chi connectivity index (χ1) is 10.6. The van der Waals surface area contributed by atoms with Gasteiger partial charge in [0.15, 0.2) is 0 Å². The Kier molecular flexibility index (Phi) is 5.31. The second kappa shape index (κ2) is 7.41. The highest BCUT2D eigenvalue weighted by Gasteiger charge is 2.11. The van der Waals surface area contributed by atoms with E-state index in [1.165, 1.54) is 0 Å². The zero-order valence-electron chi connectivity index (χ0n) is 12.7. The fraction of sp³-hybridized carbons (Fsp3) is 0.222. The maximum atomic E-state index is 12.1. The first-order valence-corrected chi connectivity index (χ1v) is 7.34. The molecule has 0 saturated carbocycles. The Bertz CT molecular complexity index is 720. The molecule has 0 fully saturated rings. The van der Waals surface area contributed by atoms with E-state index in [2.05, 4.69) is 24.0 Å². The van der Waals surface area contributed by atoms with E-state index in [0.717, 1.165) is 35.6 Å². The number of nitrogens with one attached hydrogen (secondary N) is 1. The van der Waals surface area contributed by atoms with Crippen molar-refractivity contribution in [2.24, 2.45) is 5.10 Å². The number of unbranched alkanes of at least 4 members (excludes halogenated alkanes) is 1. The molecule has 2 aromatic rings. The number of phenols is 1. The van der Waals surface area contributed by atoms with Crippen molar-refractivity contribution in [2.75, 3.05) is 0 Å². The number of hydrogen-bond donors (Lipinski definition) is 2. The summed E-state index contributed by atoms with van der Waals surface area (Å²) in [6, 6.07) is 10.8. The number of fused-ring (bicyclic) bond motifs is 1. The van der Waals surface area contributed by atoms with Crippen LogP contribution in [0.25, 0.3) is 10.8 Å². The van der Waals surface area contributed by atoms with E-state index >= 15 is 0 Å². The molecule has 0 aliphatic heterocycles. The van der Waals surface area contributed by atoms with Crippen LogP contribution in [0.3, 0.4) is 0 Å². The predicted molar refractivity (Wildman–Crippen MR) is 90.2 cm³/mol. The number of carbonyl (C=O) groups is 1. The van der Waals surface area contributed by atoms with Crippen LogP contribution in [0.4, 0.5) is 0 Å². The Labute approximate surface area is 130 Å². The van der Waals surface area contributed by atoms with Crippen LogP contribution in [-0.4, -0.2) is 17.2 Å². The van der Waals surface area contributed by atoms with Crippen molar-refractivity contribution >= 4 is 22.9 Å². The van der Waals surface area contributed by atoms with Crippen molar-refractivity contribution in [3.8, 4) is 5.75 Å². The minimum absolute atomic E-state index is 0.0591. The SMILES string of the molecule is C=C(/C=N/NC(=O)c1cc2ccccc2cc1O)CCCC. The minimum atomic E-state index is -0.442. The van der Waals surface area contributed by atoms with Crippen LogP contribution in [-0.2, 0) is 0 Å². The summed E-state index contributed by atoms with van der Waals surface area (Å²) in [7, 11) is 0. The summed E-state index contributed by atoms with van der Waals surface area (Å²) in [6.45, 7) is 5.98. The van der Waals surface area contributed by atoms with Gasteiger partial charge in [0.05, 0.1) is 5.56 Å². The van der Waals surface area contributed by atoms with Gasteiger partial charge >= 0.3 is 0 Å². The van der Waals surface area contributed by atoms with E-state index in [4.69, 9.17) is 0 Å². The van der Waals surface area contributed by atoms with Crippen molar-refractivity contribution < 1.29 is 9.90 Å². The largest absolute Gasteiger partial charge is 0.507 e. The molecule has 0 saturated heterocycles. The van der Waals surface area contributed by atoms with E-state index in [1.807, 2.05) is 24.3 Å². The molecule has 0 bridgehead atoms. The lowest BCUT2D eigenvalue weighted by Crippen LogP contribution is -2.17. The molecule has 2 rings (SSSR count). The average molecular weight is 296 g/mol. The molecule has 0 aliphatic rings. The molecule has 0 unspecified atom stereocenters. The second-order valence-corrected chi connectivity index (χ2v) is 5.18. The number of nitrogens with zero attached hydrogens (tertiary/aromatic N) is 1. The van der Waals surface area contributed by atoms with Crippen molar-refractivity contribution in [3.63, 3.8) is 0 Å². The van der Waals surface area contributed by atoms with Crippen LogP contribution in [0.2, 0.25) is 0 Å². The monoisotopic (exact) mass is 296 g/mol. The first kappa shape index (κ1) is 15.8. The summed E-state index contributed by atoms with van der Waals surface area (Å²) in [5.41, 5.74) is 3.49. The van der Waals surface area contributed by atoms with E-state index in [0.29, 0.717) is 0 Å². The Morgan fingerprint density at radius 1 is 1.32 bits per heavy atom. The van der Waals surface area contributed by atoms with Crippen LogP contribution in [0.15, 0.2) is 53.7 Å². The van der Waals surface area contributed by atoms with Crippen LogP contribution < -0.4 is 5.43 Å². The van der Waals surface area contributed by atoms with Crippen LogP contribution in [0.5, 0.6) is 5.75 Å². The fourth-order valence-corrected chi connectivity index (χ4v) is 2.12. The molecule has 22 heavy (non-hydrogen) atoms. The van der Waals surface area contributed by atoms with Gasteiger partial charge in [-0.15, -0.1) is 0 Å². The van der Waals surface area contributed by atoms with Gasteiger partial charge in [-0.05, 0) is 41.3 Å². The quantitative estimate of drug-likeness (QED) is 0.625. The number of carbonyl (C=O) groups excluding carboxylic acids is 1. The fourth-order valence-electron chi connectivity index (χ4n) is 2.12. The Morgan fingerprint density at radius 2 is 2.00 bits per heavy atom. The molecule has 4 heteroatoms. The lowest BCUT2D eigenvalue weighted by molar-refractivity contribution is 0.0952. The third kappa shape index (κ3) is 3.95. The second-order valence-electron chi connectivity index (χ2n) is 5.18. The molecule has 2 aromatic carbocycles. The van der Waals surface area contributed by atoms with Gasteiger partial charge in [0.25, 0.3) is 5.91 Å². The molecule has 0 radical (unpaired) electrons. The predicted octanol–water partition coefficient (Wildman–Crippen LogP) is 4.01. The maximum Gasteiger partial charge on any atom is 0.275 e. The molecule has 114 valence electrons. The molecule has 0 spiro atoms. The van der Waals surface area contributed by atoms with E-state index < -0.39 is 5.91 Å². The van der Waals surface area contributed by atoms with Gasteiger partial charge in [0.2, 0.25) is 0 Å². The van der Waals surface area contributed by atoms with Crippen molar-refractivity contribution in [1.29, 1.82) is 0 Å². The van der Waals surface area contributed by atoms with Gasteiger partial charge < -0.3 is 5.11 Å². The van der Waals surface area contributed by atoms with Gasteiger partial charge in [0.1, 0.15) is 5.75 Å². The molecule has 1 amide bonds. The highest BCUT2D eigenvalue weighted by Crippen LogP contribution is 2.24. The summed E-state index contributed by atoms with van der Waals surface area (Å²) >= 11 is 0. The van der Waals surface area contributed by atoms with Gasteiger partial charge in [-0.2, -0.15) is 5.10 Å². The average Bonchev–Trinajstić information content (AvgIpc) is 2.52. The lowest BCUT2D eigenvalue weighted by atomic mass is 10.1. The smallest absolute Gasteiger partial charge is 0.275 e. The topological polar surface area (TPSA) is 61.7 Å². The molecule has 0 atom stereocenters. The molecule has 0 heterocycles. The van der Waals surface area contributed by atoms with Crippen LogP contribution in [0.1, 0.15) is 36.5 Å². The van der Waals surface area contributed by atoms with Crippen molar-refractivity contribution in [2.45, 2.75) is 26.2 Å². The molecule has 0 aliphatic carbocycles. The molecule has 0 aromatic heterocycles. The third-order valence-electron chi connectivity index (χ3n) is 3.37. The van der Waals surface area contributed by atoms with E-state index in [1.54, 1.807) is 18.3 Å². The zero-order valence-corrected chi connectivity index (χ0v) is 12.7. The van der Waals surface area contributed by atoms with Crippen molar-refractivity contribution in [1.82, 2.24) is 5.43 Å². The van der Waals surface area contributed by atoms with Gasteiger partial charge in [0, 0.05) is 6.21 Å². The number of phenolic OH excluding ortho intramolecular Hbond substituents is 1. The molecule has 2 N–H and O–H groups in total. The van der Waals surface area contributed by atoms with Gasteiger partial charge in [-0.25, -0.2) is 5.43 Å². The summed E-state index contributed by atoms with van der Waals surface area (Å²) in [6.07, 6.45) is 4.54. The Hall–Kier alpha value is -2.62. The van der Waals surface area contributed by atoms with Crippen molar-refractivity contribution in [3.05, 3.63) is 54.1 Å². The van der Waals surface area contributed by atoms with Crippen LogP contribution >= 0.6 is 0 Å². The Balaban J connectivity index is 2.08. The Morgan fingerprint density at radius 3 is 2.68 bits per heavy atom. The number of aromatic hydroxyl groups is 1. The molecular weight excluding hydrogens is 276 g/mol. The minimum Gasteiger partial charge on any atom is -0.507 e. The van der Waals surface area contributed by atoms with Gasteiger partial charge in [-0.3, -0.25) is 4.79 Å². The highest BCUT2D eigenvalue weighted by atomic mass is 16.3. The summed E-state index contributed by atoms with van der Waals surface area (Å²) < 4.78 is 0. The summed E-state index contributed by atoms with van der Waals surface area (Å²) in [5, 5.41) is 15.6. The highest BCUT2D eigenvalue weighted by molar-refractivity contribution is 6.01. The van der Waals surface area contributed by atoms with E-state index in [9.17, 15) is 9.90 Å². The number of hydrogen-bond acceptors (Lipinski definition) is 3. The molecular formula is C18H20N2O2. The number of amides is 1. The number of hydrazone groups is 1. The zero-order chi connectivity index (χ0) is 15.9.